The van der Waals surface area contributed by atoms with E-state index in [1.54, 1.807) is 25.3 Å². The zero-order valence-corrected chi connectivity index (χ0v) is 18.3. The van der Waals surface area contributed by atoms with Crippen LogP contribution in [0.25, 0.3) is 0 Å². The average Bonchev–Trinajstić information content (AvgIpc) is 2.78. The Labute approximate surface area is 178 Å². The monoisotopic (exact) mass is 431 g/mol. The summed E-state index contributed by atoms with van der Waals surface area (Å²) < 4.78 is 32.4. The summed E-state index contributed by atoms with van der Waals surface area (Å²) in [4.78, 5) is 10.1. The summed E-state index contributed by atoms with van der Waals surface area (Å²) in [5, 5.41) is 0. The molecule has 0 saturated carbocycles. The van der Waals surface area contributed by atoms with Gasteiger partial charge >= 0.3 is 0 Å². The molecule has 0 amide bonds. The van der Waals surface area contributed by atoms with Gasteiger partial charge in [-0.1, -0.05) is 31.5 Å². The van der Waals surface area contributed by atoms with Crippen molar-refractivity contribution >= 4 is 10.0 Å². The van der Waals surface area contributed by atoms with Gasteiger partial charge in [0.25, 0.3) is 0 Å². The van der Waals surface area contributed by atoms with Crippen LogP contribution in [-0.4, -0.2) is 37.9 Å². The summed E-state index contributed by atoms with van der Waals surface area (Å²) in [7, 11) is -1.93. The van der Waals surface area contributed by atoms with E-state index in [1.165, 1.54) is 9.87 Å². The van der Waals surface area contributed by atoms with E-state index in [4.69, 9.17) is 9.57 Å². The summed E-state index contributed by atoms with van der Waals surface area (Å²) >= 11 is 0. The third kappa shape index (κ3) is 5.81. The minimum absolute atomic E-state index is 0.279. The Kier molecular flexibility index (Phi) is 7.84. The third-order valence-corrected chi connectivity index (χ3v) is 6.85. The molecule has 0 spiro atoms. The van der Waals surface area contributed by atoms with Crippen molar-refractivity contribution in [3.05, 3.63) is 65.5 Å². The van der Waals surface area contributed by atoms with Crippen molar-refractivity contribution in [1.29, 1.82) is 0 Å². The molecule has 0 aliphatic carbocycles. The number of hydrogen-bond acceptors (Lipinski definition) is 6. The normalized spacial score (nSPS) is 14.9. The van der Waals surface area contributed by atoms with E-state index >= 15 is 0 Å². The second-order valence-electron chi connectivity index (χ2n) is 7.15. The Hall–Kier alpha value is -2.42. The Morgan fingerprint density at radius 1 is 1.17 bits per heavy atom. The molecule has 1 aliphatic heterocycles. The number of unbranched alkanes of at least 4 members (excludes halogenated alkanes) is 1. The number of hydroxylamine groups is 1. The number of ether oxygens (including phenoxy) is 1. The van der Waals surface area contributed by atoms with Crippen LogP contribution in [0.4, 0.5) is 0 Å². The number of nitrogens with one attached hydrogen (secondary N) is 1. The predicted octanol–water partition coefficient (Wildman–Crippen LogP) is 3.43. The van der Waals surface area contributed by atoms with Crippen LogP contribution >= 0.6 is 0 Å². The summed E-state index contributed by atoms with van der Waals surface area (Å²) in [6.07, 6.45) is 5.60. The quantitative estimate of drug-likeness (QED) is 0.581. The molecule has 7 nitrogen and oxygen atoms in total. The van der Waals surface area contributed by atoms with Crippen molar-refractivity contribution in [1.82, 2.24) is 14.8 Å². The smallest absolute Gasteiger partial charge is 0.243 e. The SMILES string of the molecule is CCCCc1ccc(S(=O)(=O)N2CC=C(NOCc3cccc(OC)n3)CC2)cc1. The second kappa shape index (κ2) is 10.6. The van der Waals surface area contributed by atoms with E-state index in [1.807, 2.05) is 30.3 Å². The van der Waals surface area contributed by atoms with Crippen molar-refractivity contribution in [3.8, 4) is 5.88 Å². The lowest BCUT2D eigenvalue weighted by atomic mass is 10.1. The lowest BCUT2D eigenvalue weighted by Crippen LogP contribution is -2.36. The van der Waals surface area contributed by atoms with E-state index in [-0.39, 0.29) is 6.61 Å². The minimum Gasteiger partial charge on any atom is -0.481 e. The average molecular weight is 432 g/mol. The highest BCUT2D eigenvalue weighted by molar-refractivity contribution is 7.89. The van der Waals surface area contributed by atoms with Gasteiger partial charge in [0.05, 0.1) is 17.7 Å². The molecule has 0 unspecified atom stereocenters. The standard InChI is InChI=1S/C22H29N3O4S/c1-3-4-6-18-9-11-21(12-10-18)30(26,27)25-15-13-19(14-16-25)24-29-17-20-7-5-8-22(23-20)28-2/h5,7-13,24H,3-4,6,14-17H2,1-2H3. The molecule has 0 bridgehead atoms. The molecule has 1 aromatic heterocycles. The molecule has 1 aromatic carbocycles. The molecule has 1 N–H and O–H groups in total. The second-order valence-corrected chi connectivity index (χ2v) is 9.09. The maximum atomic E-state index is 12.9. The topological polar surface area (TPSA) is 80.8 Å². The zero-order chi connectivity index (χ0) is 21.4. The van der Waals surface area contributed by atoms with Crippen LogP contribution in [0.1, 0.15) is 37.4 Å². The van der Waals surface area contributed by atoms with Crippen LogP contribution in [0.5, 0.6) is 5.88 Å². The number of benzene rings is 1. The maximum Gasteiger partial charge on any atom is 0.243 e. The van der Waals surface area contributed by atoms with Crippen LogP contribution < -0.4 is 10.2 Å². The summed E-state index contributed by atoms with van der Waals surface area (Å²) in [6, 6.07) is 12.7. The lowest BCUT2D eigenvalue weighted by molar-refractivity contribution is 0.0430. The van der Waals surface area contributed by atoms with Crippen molar-refractivity contribution in [2.45, 2.75) is 44.1 Å². The van der Waals surface area contributed by atoms with Crippen LogP contribution in [0, 0.1) is 0 Å². The van der Waals surface area contributed by atoms with Crippen molar-refractivity contribution in [3.63, 3.8) is 0 Å². The molecular weight excluding hydrogens is 402 g/mol. The first-order valence-corrected chi connectivity index (χ1v) is 11.6. The van der Waals surface area contributed by atoms with Gasteiger partial charge in [0.2, 0.25) is 15.9 Å². The maximum absolute atomic E-state index is 12.9. The highest BCUT2D eigenvalue weighted by Gasteiger charge is 2.26. The fraction of sp³-hybridized carbons (Fsp3) is 0.409. The number of nitrogens with zero attached hydrogens (tertiary/aromatic N) is 2. The van der Waals surface area contributed by atoms with Crippen molar-refractivity contribution in [2.75, 3.05) is 20.2 Å². The molecule has 30 heavy (non-hydrogen) atoms. The molecule has 1 aliphatic rings. The van der Waals surface area contributed by atoms with E-state index in [0.717, 1.165) is 30.7 Å². The lowest BCUT2D eigenvalue weighted by Gasteiger charge is -2.26. The molecule has 162 valence electrons. The molecule has 0 atom stereocenters. The summed E-state index contributed by atoms with van der Waals surface area (Å²) in [5.74, 6) is 0.534. The van der Waals surface area contributed by atoms with Crippen LogP contribution in [0.3, 0.4) is 0 Å². The molecule has 2 heterocycles. The first kappa shape index (κ1) is 22.3. The van der Waals surface area contributed by atoms with Gasteiger partial charge in [0, 0.05) is 31.3 Å². The van der Waals surface area contributed by atoms with E-state index in [0.29, 0.717) is 30.3 Å². The highest BCUT2D eigenvalue weighted by atomic mass is 32.2. The molecule has 0 saturated heterocycles. The molecular formula is C22H29N3O4S. The molecule has 0 fully saturated rings. The fourth-order valence-corrected chi connectivity index (χ4v) is 4.55. The first-order chi connectivity index (χ1) is 14.5. The summed E-state index contributed by atoms with van der Waals surface area (Å²) in [5.41, 5.74) is 5.68. The Balaban J connectivity index is 1.52. The molecule has 0 radical (unpaired) electrons. The van der Waals surface area contributed by atoms with Gasteiger partial charge in [-0.2, -0.15) is 4.31 Å². The van der Waals surface area contributed by atoms with Gasteiger partial charge in [-0.05, 0) is 42.7 Å². The van der Waals surface area contributed by atoms with E-state index < -0.39 is 10.0 Å². The Morgan fingerprint density at radius 3 is 2.63 bits per heavy atom. The zero-order valence-electron chi connectivity index (χ0n) is 17.5. The number of aromatic nitrogens is 1. The molecule has 2 aromatic rings. The Bertz CT molecular complexity index is 959. The van der Waals surface area contributed by atoms with Gasteiger partial charge in [-0.3, -0.25) is 10.3 Å². The van der Waals surface area contributed by atoms with Gasteiger partial charge in [0.1, 0.15) is 6.61 Å². The number of aryl methyl sites for hydroxylation is 1. The van der Waals surface area contributed by atoms with Crippen molar-refractivity contribution in [2.24, 2.45) is 0 Å². The summed E-state index contributed by atoms with van der Waals surface area (Å²) in [6.45, 7) is 3.13. The number of hydrogen-bond donors (Lipinski definition) is 1. The Morgan fingerprint density at radius 2 is 1.97 bits per heavy atom. The number of methoxy groups -OCH3 is 1. The largest absolute Gasteiger partial charge is 0.481 e. The fourth-order valence-electron chi connectivity index (χ4n) is 3.17. The van der Waals surface area contributed by atoms with Gasteiger partial charge < -0.3 is 4.74 Å². The predicted molar refractivity (Wildman–Crippen MR) is 115 cm³/mol. The number of pyridine rings is 1. The highest BCUT2D eigenvalue weighted by Crippen LogP contribution is 2.21. The van der Waals surface area contributed by atoms with E-state index in [9.17, 15) is 8.42 Å². The third-order valence-electron chi connectivity index (χ3n) is 4.97. The van der Waals surface area contributed by atoms with Crippen LogP contribution in [0.2, 0.25) is 0 Å². The first-order valence-electron chi connectivity index (χ1n) is 10.2. The number of rotatable bonds is 10. The van der Waals surface area contributed by atoms with Crippen LogP contribution in [-0.2, 0) is 27.9 Å². The molecule has 8 heteroatoms. The van der Waals surface area contributed by atoms with E-state index in [2.05, 4.69) is 17.4 Å². The van der Waals surface area contributed by atoms with Crippen LogP contribution in [0.15, 0.2) is 59.1 Å². The minimum atomic E-state index is -3.50. The number of sulfonamides is 1. The van der Waals surface area contributed by atoms with Crippen molar-refractivity contribution < 1.29 is 18.0 Å². The van der Waals surface area contributed by atoms with Gasteiger partial charge in [0.15, 0.2) is 0 Å². The van der Waals surface area contributed by atoms with Gasteiger partial charge in [-0.25, -0.2) is 13.4 Å². The van der Waals surface area contributed by atoms with Gasteiger partial charge in [-0.15, -0.1) is 0 Å². The molecule has 3 rings (SSSR count).